The monoisotopic (exact) mass is 482 g/mol. The molecule has 0 atom stereocenters. The van der Waals surface area contributed by atoms with Crippen molar-refractivity contribution in [2.45, 2.75) is 19.3 Å². The van der Waals surface area contributed by atoms with E-state index in [1.165, 1.54) is 19.3 Å². The summed E-state index contributed by atoms with van der Waals surface area (Å²) in [6, 6.07) is 21.0. The molecule has 1 aliphatic carbocycles. The maximum absolute atomic E-state index is 4.68. The van der Waals surface area contributed by atoms with Crippen LogP contribution in [-0.4, -0.2) is 25.1 Å². The number of aromatic amines is 2. The summed E-state index contributed by atoms with van der Waals surface area (Å²) < 4.78 is 0. The Kier molecular flexibility index (Phi) is 5.10. The van der Waals surface area contributed by atoms with E-state index in [2.05, 4.69) is 91.6 Å². The third-order valence-corrected chi connectivity index (χ3v) is 7.43. The van der Waals surface area contributed by atoms with Gasteiger partial charge < -0.3 is 10.3 Å². The van der Waals surface area contributed by atoms with E-state index >= 15 is 0 Å². The highest BCUT2D eigenvalue weighted by Gasteiger charge is 2.20. The van der Waals surface area contributed by atoms with Crippen molar-refractivity contribution < 1.29 is 0 Å². The fourth-order valence-electron chi connectivity index (χ4n) is 5.17. The van der Waals surface area contributed by atoms with Gasteiger partial charge in [-0.25, -0.2) is 0 Å². The summed E-state index contributed by atoms with van der Waals surface area (Å²) >= 11 is 0. The number of hydrogen-bond acceptors (Lipinski definition) is 4. The van der Waals surface area contributed by atoms with E-state index in [1.54, 1.807) is 6.20 Å². The molecule has 3 N–H and O–H groups in total. The van der Waals surface area contributed by atoms with Gasteiger partial charge in [0.25, 0.3) is 0 Å². The number of anilines is 1. The first-order valence-electron chi connectivity index (χ1n) is 12.6. The zero-order valence-electron chi connectivity index (χ0n) is 20.3. The maximum atomic E-state index is 4.68. The van der Waals surface area contributed by atoms with Crippen LogP contribution in [0.5, 0.6) is 0 Å². The standard InChI is InChI=1S/C31H26N6/c1-19(20-5-2-6-20)34-24-13-23(17-33-18-24)21-10-11-29-27(14-21)31(37-36-29)30-15-26-25(8-3-9-28(26)35-30)22-7-4-12-32-16-22/h3-4,7-18,20,34-35H,1-2,5-6H2,(H,36,37). The van der Waals surface area contributed by atoms with Crippen LogP contribution in [0.1, 0.15) is 19.3 Å². The Labute approximate surface area is 214 Å². The molecular formula is C31H26N6. The third-order valence-electron chi connectivity index (χ3n) is 7.43. The van der Waals surface area contributed by atoms with Gasteiger partial charge in [-0.1, -0.05) is 37.3 Å². The van der Waals surface area contributed by atoms with Gasteiger partial charge in [0, 0.05) is 51.7 Å². The second kappa shape index (κ2) is 8.75. The lowest BCUT2D eigenvalue weighted by molar-refractivity contribution is 0.371. The lowest BCUT2D eigenvalue weighted by Gasteiger charge is -2.28. The van der Waals surface area contributed by atoms with Gasteiger partial charge in [0.05, 0.1) is 23.1 Å². The van der Waals surface area contributed by atoms with Crippen LogP contribution in [0.25, 0.3) is 55.4 Å². The summed E-state index contributed by atoms with van der Waals surface area (Å²) in [5, 5.41) is 13.6. The van der Waals surface area contributed by atoms with Crippen molar-refractivity contribution in [1.29, 1.82) is 0 Å². The van der Waals surface area contributed by atoms with Crippen LogP contribution >= 0.6 is 0 Å². The largest absolute Gasteiger partial charge is 0.358 e. The number of pyridine rings is 2. The Morgan fingerprint density at radius 2 is 1.76 bits per heavy atom. The van der Waals surface area contributed by atoms with Crippen LogP contribution in [0.4, 0.5) is 5.69 Å². The molecule has 37 heavy (non-hydrogen) atoms. The van der Waals surface area contributed by atoms with E-state index in [0.29, 0.717) is 5.92 Å². The van der Waals surface area contributed by atoms with E-state index in [4.69, 9.17) is 0 Å². The van der Waals surface area contributed by atoms with Crippen molar-refractivity contribution in [3.63, 3.8) is 0 Å². The molecule has 4 heterocycles. The van der Waals surface area contributed by atoms with Crippen molar-refractivity contribution in [2.24, 2.45) is 5.92 Å². The number of hydrogen-bond donors (Lipinski definition) is 3. The highest BCUT2D eigenvalue weighted by atomic mass is 15.1. The molecule has 0 radical (unpaired) electrons. The van der Waals surface area contributed by atoms with Crippen LogP contribution in [0.15, 0.2) is 97.7 Å². The van der Waals surface area contributed by atoms with Gasteiger partial charge in [-0.05, 0) is 66.3 Å². The van der Waals surface area contributed by atoms with Crippen LogP contribution in [0.3, 0.4) is 0 Å². The molecule has 1 saturated carbocycles. The molecule has 1 fully saturated rings. The van der Waals surface area contributed by atoms with Crippen LogP contribution in [0.2, 0.25) is 0 Å². The lowest BCUT2D eigenvalue weighted by Crippen LogP contribution is -2.18. The number of H-pyrrole nitrogens is 2. The summed E-state index contributed by atoms with van der Waals surface area (Å²) in [6.45, 7) is 4.24. The smallest absolute Gasteiger partial charge is 0.116 e. The number of allylic oxidation sites excluding steroid dienone is 1. The van der Waals surface area contributed by atoms with E-state index in [0.717, 1.165) is 66.8 Å². The van der Waals surface area contributed by atoms with E-state index in [9.17, 15) is 0 Å². The van der Waals surface area contributed by atoms with Crippen LogP contribution in [0, 0.1) is 5.92 Å². The predicted molar refractivity (Wildman–Crippen MR) is 150 cm³/mol. The minimum atomic E-state index is 0.573. The first kappa shape index (κ1) is 21.6. The Hall–Kier alpha value is -4.71. The molecule has 0 amide bonds. The summed E-state index contributed by atoms with van der Waals surface area (Å²) in [5.74, 6) is 0.573. The molecule has 6 nitrogen and oxygen atoms in total. The van der Waals surface area contributed by atoms with E-state index in [-0.39, 0.29) is 0 Å². The molecule has 6 heteroatoms. The Morgan fingerprint density at radius 1 is 0.838 bits per heavy atom. The average Bonchev–Trinajstić information content (AvgIpc) is 3.52. The zero-order valence-corrected chi connectivity index (χ0v) is 20.3. The number of fused-ring (bicyclic) bond motifs is 2. The maximum Gasteiger partial charge on any atom is 0.116 e. The Balaban J connectivity index is 1.26. The van der Waals surface area contributed by atoms with Gasteiger partial charge in [-0.3, -0.25) is 15.1 Å². The second-order valence-electron chi connectivity index (χ2n) is 9.76. The van der Waals surface area contributed by atoms with Crippen molar-refractivity contribution in [3.05, 3.63) is 97.7 Å². The van der Waals surface area contributed by atoms with Gasteiger partial charge in [-0.15, -0.1) is 0 Å². The molecule has 0 aliphatic heterocycles. The van der Waals surface area contributed by atoms with E-state index < -0.39 is 0 Å². The van der Waals surface area contributed by atoms with Crippen molar-refractivity contribution >= 4 is 27.5 Å². The highest BCUT2D eigenvalue weighted by Crippen LogP contribution is 2.36. The Bertz CT molecular complexity index is 1760. The average molecular weight is 483 g/mol. The van der Waals surface area contributed by atoms with Gasteiger partial charge in [0.15, 0.2) is 0 Å². The van der Waals surface area contributed by atoms with Crippen molar-refractivity contribution in [1.82, 2.24) is 25.1 Å². The number of rotatable bonds is 6. The number of nitrogens with one attached hydrogen (secondary N) is 3. The molecule has 0 saturated heterocycles. The quantitative estimate of drug-likeness (QED) is 0.229. The Morgan fingerprint density at radius 3 is 2.59 bits per heavy atom. The van der Waals surface area contributed by atoms with Gasteiger partial charge in [-0.2, -0.15) is 5.10 Å². The summed E-state index contributed by atoms with van der Waals surface area (Å²) in [6.07, 6.45) is 11.2. The SMILES string of the molecule is C=C(Nc1cncc(-c2ccc3[nH]nc(-c4cc5c(-c6cccnc6)cccc5[nH]4)c3c2)c1)C1CCC1. The topological polar surface area (TPSA) is 82.3 Å². The number of nitrogens with zero attached hydrogens (tertiary/aromatic N) is 3. The third kappa shape index (κ3) is 3.87. The normalized spacial score (nSPS) is 13.6. The predicted octanol–water partition coefficient (Wildman–Crippen LogP) is 7.56. The lowest BCUT2D eigenvalue weighted by atomic mass is 9.83. The minimum absolute atomic E-state index is 0.573. The van der Waals surface area contributed by atoms with Gasteiger partial charge >= 0.3 is 0 Å². The molecule has 6 aromatic rings. The van der Waals surface area contributed by atoms with E-state index in [1.807, 2.05) is 24.7 Å². The van der Waals surface area contributed by atoms with Crippen molar-refractivity contribution in [2.75, 3.05) is 5.32 Å². The summed E-state index contributed by atoms with van der Waals surface area (Å²) in [4.78, 5) is 12.4. The molecular weight excluding hydrogens is 456 g/mol. The van der Waals surface area contributed by atoms with Crippen LogP contribution < -0.4 is 5.32 Å². The molecule has 4 aromatic heterocycles. The first-order chi connectivity index (χ1) is 18.2. The number of benzene rings is 2. The summed E-state index contributed by atoms with van der Waals surface area (Å²) in [5.41, 5.74) is 10.4. The van der Waals surface area contributed by atoms with Crippen molar-refractivity contribution in [3.8, 4) is 33.6 Å². The van der Waals surface area contributed by atoms with Gasteiger partial charge in [0.2, 0.25) is 0 Å². The molecule has 0 spiro atoms. The van der Waals surface area contributed by atoms with Gasteiger partial charge in [0.1, 0.15) is 5.69 Å². The fourth-order valence-corrected chi connectivity index (χ4v) is 5.17. The molecule has 2 aromatic carbocycles. The molecule has 0 unspecified atom stereocenters. The molecule has 180 valence electrons. The zero-order chi connectivity index (χ0) is 24.8. The fraction of sp³-hybridized carbons (Fsp3) is 0.129. The second-order valence-corrected chi connectivity index (χ2v) is 9.76. The molecule has 0 bridgehead atoms. The highest BCUT2D eigenvalue weighted by molar-refractivity contribution is 6.01. The molecule has 1 aliphatic rings. The summed E-state index contributed by atoms with van der Waals surface area (Å²) in [7, 11) is 0. The molecule has 7 rings (SSSR count). The number of aromatic nitrogens is 5. The first-order valence-corrected chi connectivity index (χ1v) is 12.6. The van der Waals surface area contributed by atoms with Crippen LogP contribution in [-0.2, 0) is 0 Å². The minimum Gasteiger partial charge on any atom is -0.358 e.